The Bertz CT molecular complexity index is 337. The molecule has 0 radical (unpaired) electrons. The van der Waals surface area contributed by atoms with Crippen LogP contribution in [0.3, 0.4) is 0 Å². The first-order valence-electron chi connectivity index (χ1n) is 6.89. The van der Waals surface area contributed by atoms with E-state index in [-0.39, 0.29) is 12.4 Å². The van der Waals surface area contributed by atoms with Crippen LogP contribution in [0.2, 0.25) is 0 Å². The standard InChI is InChI=1S/C15H27N2.ClH/c1-5-7-8-9-11-14-12-10-13-17(6-2)15(14)16(3)4;/h10,12-13H,5-9,11H2,1-4H3;1H/q+1;/p-1. The molecule has 0 aromatic carbocycles. The molecule has 0 aliphatic rings. The Hall–Kier alpha value is -0.760. The van der Waals surface area contributed by atoms with Gasteiger partial charge in [0.25, 0.3) is 5.82 Å². The van der Waals surface area contributed by atoms with Crippen LogP contribution in [-0.2, 0) is 13.0 Å². The van der Waals surface area contributed by atoms with Crippen molar-refractivity contribution in [2.75, 3.05) is 19.0 Å². The minimum Gasteiger partial charge on any atom is -1.00 e. The van der Waals surface area contributed by atoms with E-state index < -0.39 is 0 Å². The molecule has 0 aliphatic carbocycles. The predicted octanol–water partition coefficient (Wildman–Crippen LogP) is 0.187. The van der Waals surface area contributed by atoms with Crippen LogP contribution in [0.15, 0.2) is 18.3 Å². The largest absolute Gasteiger partial charge is 1.00 e. The maximum Gasteiger partial charge on any atom is 0.279 e. The highest BCUT2D eigenvalue weighted by atomic mass is 35.5. The second-order valence-corrected chi connectivity index (χ2v) is 4.85. The SMILES string of the molecule is CCCCCCc1ccc[n+](CC)c1N(C)C.[Cl-]. The molecule has 0 fully saturated rings. The fourth-order valence-corrected chi connectivity index (χ4v) is 2.33. The Morgan fingerprint density at radius 1 is 1.11 bits per heavy atom. The summed E-state index contributed by atoms with van der Waals surface area (Å²) in [7, 11) is 4.27. The summed E-state index contributed by atoms with van der Waals surface area (Å²) in [6.07, 6.45) is 8.70. The van der Waals surface area contributed by atoms with E-state index in [1.54, 1.807) is 0 Å². The highest BCUT2D eigenvalue weighted by Crippen LogP contribution is 2.16. The monoisotopic (exact) mass is 270 g/mol. The van der Waals surface area contributed by atoms with E-state index in [0.29, 0.717) is 0 Å². The van der Waals surface area contributed by atoms with Crippen molar-refractivity contribution in [3.63, 3.8) is 0 Å². The van der Waals surface area contributed by atoms with Gasteiger partial charge in [-0.05, 0) is 31.9 Å². The summed E-state index contributed by atoms with van der Waals surface area (Å²) in [6, 6.07) is 4.44. The number of rotatable bonds is 7. The molecule has 3 heteroatoms. The van der Waals surface area contributed by atoms with E-state index in [9.17, 15) is 0 Å². The highest BCUT2D eigenvalue weighted by molar-refractivity contribution is 5.40. The van der Waals surface area contributed by atoms with E-state index in [1.807, 2.05) is 0 Å². The average Bonchev–Trinajstić information content (AvgIpc) is 2.33. The maximum absolute atomic E-state index is 2.33. The molecule has 104 valence electrons. The Labute approximate surface area is 118 Å². The Balaban J connectivity index is 0.00000289. The van der Waals surface area contributed by atoms with Crippen molar-refractivity contribution in [1.29, 1.82) is 0 Å². The summed E-state index contributed by atoms with van der Waals surface area (Å²) in [6.45, 7) is 5.50. The molecule has 0 bridgehead atoms. The number of halogens is 1. The Kier molecular flexibility index (Phi) is 8.82. The Morgan fingerprint density at radius 2 is 1.83 bits per heavy atom. The fraction of sp³-hybridized carbons (Fsp3) is 0.667. The molecule has 0 amide bonds. The van der Waals surface area contributed by atoms with Crippen LogP contribution in [0, 0.1) is 0 Å². The van der Waals surface area contributed by atoms with E-state index in [0.717, 1.165) is 6.54 Å². The van der Waals surface area contributed by atoms with E-state index in [2.05, 4.69) is 55.7 Å². The summed E-state index contributed by atoms with van der Waals surface area (Å²) in [5.41, 5.74) is 1.48. The molecule has 1 heterocycles. The molecular weight excluding hydrogens is 244 g/mol. The van der Waals surface area contributed by atoms with Crippen LogP contribution in [0.1, 0.15) is 45.1 Å². The molecule has 1 aromatic rings. The van der Waals surface area contributed by atoms with Crippen molar-refractivity contribution in [1.82, 2.24) is 0 Å². The van der Waals surface area contributed by atoms with Gasteiger partial charge in [0.1, 0.15) is 0 Å². The van der Waals surface area contributed by atoms with Gasteiger partial charge in [0.2, 0.25) is 0 Å². The molecule has 0 saturated heterocycles. The third-order valence-electron chi connectivity index (χ3n) is 3.19. The molecule has 2 nitrogen and oxygen atoms in total. The topological polar surface area (TPSA) is 7.12 Å². The highest BCUT2D eigenvalue weighted by Gasteiger charge is 2.15. The zero-order valence-electron chi connectivity index (χ0n) is 12.2. The van der Waals surface area contributed by atoms with Gasteiger partial charge in [0, 0.05) is 5.56 Å². The van der Waals surface area contributed by atoms with Crippen molar-refractivity contribution in [2.24, 2.45) is 0 Å². The third-order valence-corrected chi connectivity index (χ3v) is 3.19. The summed E-state index contributed by atoms with van der Waals surface area (Å²) < 4.78 is 2.33. The van der Waals surface area contributed by atoms with Crippen molar-refractivity contribution in [2.45, 2.75) is 52.5 Å². The number of aryl methyl sites for hydroxylation is 2. The lowest BCUT2D eigenvalue weighted by Gasteiger charge is -2.14. The second kappa shape index (κ2) is 9.21. The van der Waals surface area contributed by atoms with Crippen LogP contribution >= 0.6 is 0 Å². The smallest absolute Gasteiger partial charge is 0.279 e. The zero-order chi connectivity index (χ0) is 12.7. The lowest BCUT2D eigenvalue weighted by molar-refractivity contribution is -0.681. The number of anilines is 1. The number of unbranched alkanes of at least 4 members (excludes halogenated alkanes) is 3. The molecule has 1 rings (SSSR count). The molecule has 0 atom stereocenters. The summed E-state index contributed by atoms with van der Waals surface area (Å²) in [4.78, 5) is 2.23. The quantitative estimate of drug-likeness (QED) is 0.507. The molecule has 18 heavy (non-hydrogen) atoms. The minimum atomic E-state index is 0. The minimum absolute atomic E-state index is 0. The lowest BCUT2D eigenvalue weighted by atomic mass is 10.1. The van der Waals surface area contributed by atoms with Gasteiger partial charge < -0.3 is 12.4 Å². The van der Waals surface area contributed by atoms with Crippen molar-refractivity contribution in [3.8, 4) is 0 Å². The molecule has 0 unspecified atom stereocenters. The maximum atomic E-state index is 2.33. The molecule has 1 aromatic heterocycles. The molecule has 0 aliphatic heterocycles. The number of hydrogen-bond acceptors (Lipinski definition) is 1. The average molecular weight is 271 g/mol. The van der Waals surface area contributed by atoms with Crippen LogP contribution in [-0.4, -0.2) is 14.1 Å². The van der Waals surface area contributed by atoms with Crippen molar-refractivity contribution >= 4 is 5.82 Å². The number of nitrogens with zero attached hydrogens (tertiary/aromatic N) is 2. The molecule has 0 spiro atoms. The third kappa shape index (κ3) is 4.85. The normalized spacial score (nSPS) is 10.0. The van der Waals surface area contributed by atoms with Crippen LogP contribution in [0.25, 0.3) is 0 Å². The number of pyridine rings is 1. The van der Waals surface area contributed by atoms with Gasteiger partial charge in [0.15, 0.2) is 0 Å². The van der Waals surface area contributed by atoms with Gasteiger partial charge in [-0.2, -0.15) is 0 Å². The van der Waals surface area contributed by atoms with Gasteiger partial charge in [-0.15, -0.1) is 0 Å². The molecule has 0 N–H and O–H groups in total. The molecular formula is C15H27ClN2. The van der Waals surface area contributed by atoms with Crippen LogP contribution in [0.4, 0.5) is 5.82 Å². The first-order chi connectivity index (χ1) is 8.20. The fourth-order valence-electron chi connectivity index (χ4n) is 2.33. The first kappa shape index (κ1) is 17.2. The second-order valence-electron chi connectivity index (χ2n) is 4.85. The Morgan fingerprint density at radius 3 is 2.39 bits per heavy atom. The van der Waals surface area contributed by atoms with Crippen molar-refractivity contribution in [3.05, 3.63) is 23.9 Å². The van der Waals surface area contributed by atoms with Crippen LogP contribution in [0.5, 0.6) is 0 Å². The van der Waals surface area contributed by atoms with Gasteiger partial charge in [0.05, 0.1) is 26.8 Å². The number of aromatic nitrogens is 1. The first-order valence-corrected chi connectivity index (χ1v) is 6.89. The predicted molar refractivity (Wildman–Crippen MR) is 74.5 cm³/mol. The van der Waals surface area contributed by atoms with E-state index >= 15 is 0 Å². The van der Waals surface area contributed by atoms with E-state index in [4.69, 9.17) is 0 Å². The summed E-state index contributed by atoms with van der Waals surface area (Å²) in [5, 5.41) is 0. The van der Waals surface area contributed by atoms with E-state index in [1.165, 1.54) is 43.5 Å². The van der Waals surface area contributed by atoms with Gasteiger partial charge >= 0.3 is 0 Å². The molecule has 0 saturated carbocycles. The van der Waals surface area contributed by atoms with Gasteiger partial charge in [-0.3, -0.25) is 4.90 Å². The lowest BCUT2D eigenvalue weighted by Crippen LogP contribution is -3.00. The van der Waals surface area contributed by atoms with Crippen LogP contribution < -0.4 is 21.9 Å². The van der Waals surface area contributed by atoms with Gasteiger partial charge in [-0.1, -0.05) is 26.2 Å². The number of hydrogen-bond donors (Lipinski definition) is 0. The van der Waals surface area contributed by atoms with Crippen molar-refractivity contribution < 1.29 is 17.0 Å². The van der Waals surface area contributed by atoms with Gasteiger partial charge in [-0.25, -0.2) is 4.57 Å². The summed E-state index contributed by atoms with van der Waals surface area (Å²) >= 11 is 0. The zero-order valence-corrected chi connectivity index (χ0v) is 13.0. The summed E-state index contributed by atoms with van der Waals surface area (Å²) in [5.74, 6) is 1.37.